The third kappa shape index (κ3) is 8.32. The summed E-state index contributed by atoms with van der Waals surface area (Å²) in [5, 5.41) is 6.59. The van der Waals surface area contributed by atoms with Crippen molar-refractivity contribution in [3.05, 3.63) is 29.3 Å². The topological polar surface area (TPSA) is 83.0 Å². The molecule has 154 valence electrons. The van der Waals surface area contributed by atoms with Crippen molar-refractivity contribution in [2.45, 2.75) is 25.3 Å². The van der Waals surface area contributed by atoms with Gasteiger partial charge in [0.25, 0.3) is 0 Å². The number of rotatable bonds is 7. The van der Waals surface area contributed by atoms with Gasteiger partial charge < -0.3 is 15.4 Å². The fraction of sp³-hybridized carbons (Fsp3) is 0.611. The molecule has 0 spiro atoms. The number of hydrogen-bond acceptors (Lipinski definition) is 5. The maximum atomic E-state index is 11.7. The van der Waals surface area contributed by atoms with Gasteiger partial charge >= 0.3 is 0 Å². The lowest BCUT2D eigenvalue weighted by Gasteiger charge is -2.26. The quantitative estimate of drug-likeness (QED) is 0.328. The summed E-state index contributed by atoms with van der Waals surface area (Å²) in [5.74, 6) is 0.769. The van der Waals surface area contributed by atoms with Crippen LogP contribution in [0.2, 0.25) is 0 Å². The molecule has 0 radical (unpaired) electrons. The Hall–Kier alpha value is -0.910. The summed E-state index contributed by atoms with van der Waals surface area (Å²) >= 11 is 0. The van der Waals surface area contributed by atoms with Gasteiger partial charge in [0.2, 0.25) is 0 Å². The first-order chi connectivity index (χ1) is 12.4. The van der Waals surface area contributed by atoms with Crippen molar-refractivity contribution in [2.24, 2.45) is 4.99 Å². The highest BCUT2D eigenvalue weighted by Gasteiger charge is 2.11. The van der Waals surface area contributed by atoms with E-state index in [0.717, 1.165) is 63.0 Å². The monoisotopic (exact) mass is 510 g/mol. The summed E-state index contributed by atoms with van der Waals surface area (Å²) in [7, 11) is -3.19. The average Bonchev–Trinajstić information content (AvgIpc) is 2.59. The van der Waals surface area contributed by atoms with E-state index in [0.29, 0.717) is 11.4 Å². The van der Waals surface area contributed by atoms with Crippen molar-refractivity contribution in [3.8, 4) is 0 Å². The molecular weight excluding hydrogens is 479 g/mol. The van der Waals surface area contributed by atoms with Gasteiger partial charge in [0.1, 0.15) is 0 Å². The lowest BCUT2D eigenvalue weighted by atomic mass is 10.1. The molecule has 2 N–H and O–H groups in total. The number of halogens is 1. The molecule has 2 rings (SSSR count). The van der Waals surface area contributed by atoms with Crippen LogP contribution >= 0.6 is 24.0 Å². The second kappa shape index (κ2) is 11.8. The molecule has 1 fully saturated rings. The molecule has 0 aromatic heterocycles. The van der Waals surface area contributed by atoms with E-state index in [9.17, 15) is 8.42 Å². The van der Waals surface area contributed by atoms with Crippen LogP contribution in [0.4, 0.5) is 0 Å². The molecule has 1 aromatic rings. The Balaban J connectivity index is 0.00000364. The van der Waals surface area contributed by atoms with Crippen LogP contribution in [0.5, 0.6) is 0 Å². The van der Waals surface area contributed by atoms with E-state index >= 15 is 0 Å². The summed E-state index contributed by atoms with van der Waals surface area (Å²) in [6, 6.07) is 5.37. The zero-order valence-corrected chi connectivity index (χ0v) is 19.5. The van der Waals surface area contributed by atoms with Gasteiger partial charge in [-0.1, -0.05) is 12.1 Å². The first-order valence-electron chi connectivity index (χ1n) is 9.02. The molecule has 1 aromatic carbocycles. The molecular formula is C18H31IN4O3S. The summed E-state index contributed by atoms with van der Waals surface area (Å²) < 4.78 is 28.8. The Morgan fingerprint density at radius 3 is 2.56 bits per heavy atom. The van der Waals surface area contributed by atoms with Gasteiger partial charge in [0.15, 0.2) is 15.8 Å². The molecule has 0 saturated carbocycles. The fourth-order valence-electron chi connectivity index (χ4n) is 2.90. The number of ether oxygens (including phenoxy) is 1. The SMILES string of the molecule is CCNC(=NCc1ccc(S(C)(=O)=O)c(C)c1)NCCN1CCOCC1.I. The van der Waals surface area contributed by atoms with Gasteiger partial charge in [-0.15, -0.1) is 24.0 Å². The lowest BCUT2D eigenvalue weighted by molar-refractivity contribution is 0.0389. The normalized spacial score (nSPS) is 15.9. The molecule has 9 heteroatoms. The fourth-order valence-corrected chi connectivity index (χ4v) is 3.85. The van der Waals surface area contributed by atoms with Crippen LogP contribution in [0.25, 0.3) is 0 Å². The van der Waals surface area contributed by atoms with Crippen LogP contribution in [-0.2, 0) is 21.1 Å². The molecule has 1 heterocycles. The summed E-state index contributed by atoms with van der Waals surface area (Å²) in [4.78, 5) is 7.35. The van der Waals surface area contributed by atoms with Gasteiger partial charge in [0, 0.05) is 39.0 Å². The second-order valence-corrected chi connectivity index (χ2v) is 8.43. The maximum absolute atomic E-state index is 11.7. The smallest absolute Gasteiger partial charge is 0.191 e. The molecule has 0 unspecified atom stereocenters. The Morgan fingerprint density at radius 1 is 1.26 bits per heavy atom. The van der Waals surface area contributed by atoms with Gasteiger partial charge in [-0.2, -0.15) is 0 Å². The number of nitrogens with zero attached hydrogens (tertiary/aromatic N) is 2. The average molecular weight is 510 g/mol. The van der Waals surface area contributed by atoms with E-state index in [4.69, 9.17) is 4.74 Å². The number of sulfone groups is 1. The van der Waals surface area contributed by atoms with Gasteiger partial charge in [-0.25, -0.2) is 13.4 Å². The first kappa shape index (κ1) is 24.1. The highest BCUT2D eigenvalue weighted by molar-refractivity contribution is 14.0. The minimum absolute atomic E-state index is 0. The Kier molecular flexibility index (Phi) is 10.6. The zero-order valence-electron chi connectivity index (χ0n) is 16.3. The van der Waals surface area contributed by atoms with Crippen molar-refractivity contribution in [3.63, 3.8) is 0 Å². The molecule has 1 aliphatic rings. The Morgan fingerprint density at radius 2 is 1.96 bits per heavy atom. The molecule has 0 bridgehead atoms. The van der Waals surface area contributed by atoms with Crippen LogP contribution in [0.3, 0.4) is 0 Å². The maximum Gasteiger partial charge on any atom is 0.191 e. The van der Waals surface area contributed by atoms with Gasteiger partial charge in [-0.05, 0) is 31.0 Å². The number of morpholine rings is 1. The van der Waals surface area contributed by atoms with Crippen molar-refractivity contribution in [1.82, 2.24) is 15.5 Å². The standard InChI is InChI=1S/C18H30N4O3S.HI/c1-4-19-18(20-7-8-22-9-11-25-12-10-22)21-14-16-5-6-17(15(2)13-16)26(3,23)24;/h5-6,13H,4,7-12,14H2,1-3H3,(H2,19,20,21);1H. The van der Waals surface area contributed by atoms with E-state index in [1.807, 2.05) is 26.0 Å². The van der Waals surface area contributed by atoms with Crippen molar-refractivity contribution in [1.29, 1.82) is 0 Å². The number of hydrogen-bond donors (Lipinski definition) is 2. The third-order valence-corrected chi connectivity index (χ3v) is 5.48. The van der Waals surface area contributed by atoms with E-state index in [1.54, 1.807) is 6.07 Å². The summed E-state index contributed by atoms with van der Waals surface area (Å²) in [6.45, 7) is 10.5. The van der Waals surface area contributed by atoms with Gasteiger partial charge in [-0.3, -0.25) is 4.90 Å². The summed E-state index contributed by atoms with van der Waals surface area (Å²) in [6.07, 6.45) is 1.23. The first-order valence-corrected chi connectivity index (χ1v) is 10.9. The van der Waals surface area contributed by atoms with Crippen LogP contribution < -0.4 is 10.6 Å². The molecule has 0 atom stereocenters. The van der Waals surface area contributed by atoms with Crippen LogP contribution in [0.1, 0.15) is 18.1 Å². The van der Waals surface area contributed by atoms with E-state index in [1.165, 1.54) is 6.26 Å². The van der Waals surface area contributed by atoms with Crippen LogP contribution in [0, 0.1) is 6.92 Å². The van der Waals surface area contributed by atoms with Crippen LogP contribution in [0.15, 0.2) is 28.1 Å². The predicted molar refractivity (Wildman–Crippen MR) is 120 cm³/mol. The molecule has 0 aliphatic carbocycles. The zero-order chi connectivity index (χ0) is 19.0. The second-order valence-electron chi connectivity index (χ2n) is 6.45. The van der Waals surface area contributed by atoms with E-state index < -0.39 is 9.84 Å². The number of aryl methyl sites for hydroxylation is 1. The van der Waals surface area contributed by atoms with Crippen molar-refractivity contribution in [2.75, 3.05) is 52.2 Å². The van der Waals surface area contributed by atoms with E-state index in [2.05, 4.69) is 20.5 Å². The molecule has 7 nitrogen and oxygen atoms in total. The highest BCUT2D eigenvalue weighted by atomic mass is 127. The molecule has 1 saturated heterocycles. The third-order valence-electron chi connectivity index (χ3n) is 4.23. The van der Waals surface area contributed by atoms with Crippen molar-refractivity contribution >= 4 is 39.8 Å². The highest BCUT2D eigenvalue weighted by Crippen LogP contribution is 2.17. The molecule has 27 heavy (non-hydrogen) atoms. The summed E-state index contributed by atoms with van der Waals surface area (Å²) in [5.41, 5.74) is 1.74. The number of benzene rings is 1. The minimum Gasteiger partial charge on any atom is -0.379 e. The number of guanidine groups is 1. The molecule has 1 aliphatic heterocycles. The van der Waals surface area contributed by atoms with Crippen LogP contribution in [-0.4, -0.2) is 71.5 Å². The van der Waals surface area contributed by atoms with Gasteiger partial charge in [0.05, 0.1) is 24.7 Å². The minimum atomic E-state index is -3.19. The lowest BCUT2D eigenvalue weighted by Crippen LogP contribution is -2.44. The Bertz CT molecular complexity index is 719. The van der Waals surface area contributed by atoms with Crippen molar-refractivity contribution < 1.29 is 13.2 Å². The molecule has 0 amide bonds. The number of nitrogens with one attached hydrogen (secondary N) is 2. The number of aliphatic imine (C=N–C) groups is 1. The van der Waals surface area contributed by atoms with E-state index in [-0.39, 0.29) is 24.0 Å². The largest absolute Gasteiger partial charge is 0.379 e. The predicted octanol–water partition coefficient (Wildman–Crippen LogP) is 1.40. The Labute approximate surface area is 179 Å².